The molecule has 1 saturated heterocycles. The van der Waals surface area contributed by atoms with Crippen LogP contribution in [0.2, 0.25) is 0 Å². The average molecular weight is 451 g/mol. The topological polar surface area (TPSA) is 73.3 Å². The molecule has 2 heterocycles. The maximum absolute atomic E-state index is 14.1. The van der Waals surface area contributed by atoms with E-state index in [0.717, 1.165) is 31.9 Å². The molecule has 1 atom stereocenters. The molecule has 0 unspecified atom stereocenters. The number of cyclic esters (lactones) is 1. The molecule has 1 aromatic carbocycles. The fourth-order valence-electron chi connectivity index (χ4n) is 4.60. The number of carbonyl (C=O) groups is 1. The zero-order valence-electron chi connectivity index (χ0n) is 18.7. The Morgan fingerprint density at radius 1 is 1.16 bits per heavy atom. The minimum atomic E-state index is -4.63. The van der Waals surface area contributed by atoms with Crippen molar-refractivity contribution < 1.29 is 27.4 Å². The van der Waals surface area contributed by atoms with Gasteiger partial charge in [-0.1, -0.05) is 20.8 Å². The molecule has 0 spiro atoms. The van der Waals surface area contributed by atoms with Crippen molar-refractivity contribution in [2.75, 3.05) is 6.61 Å². The fourth-order valence-corrected chi connectivity index (χ4v) is 4.60. The van der Waals surface area contributed by atoms with E-state index in [1.54, 1.807) is 6.92 Å². The molecule has 1 saturated carbocycles. The number of alkyl halides is 3. The van der Waals surface area contributed by atoms with Gasteiger partial charge in [0.05, 0.1) is 11.6 Å². The van der Waals surface area contributed by atoms with Crippen molar-refractivity contribution in [2.45, 2.75) is 71.2 Å². The van der Waals surface area contributed by atoms with Gasteiger partial charge in [-0.3, -0.25) is 0 Å². The van der Waals surface area contributed by atoms with Crippen molar-refractivity contribution in [2.24, 2.45) is 11.3 Å². The maximum Gasteiger partial charge on any atom is 0.420 e. The van der Waals surface area contributed by atoms with Gasteiger partial charge in [0.1, 0.15) is 23.5 Å². The number of nitrogens with zero attached hydrogens (tertiary/aromatic N) is 2. The molecule has 1 aromatic heterocycles. The molecule has 2 aromatic rings. The lowest BCUT2D eigenvalue weighted by Gasteiger charge is -2.37. The number of hydrogen-bond donors (Lipinski definition) is 1. The predicted octanol–water partition coefficient (Wildman–Crippen LogP) is 5.59. The van der Waals surface area contributed by atoms with Crippen LogP contribution in [0.25, 0.3) is 10.9 Å². The van der Waals surface area contributed by atoms with Gasteiger partial charge in [0.15, 0.2) is 5.82 Å². The van der Waals surface area contributed by atoms with Crippen LogP contribution in [0.4, 0.5) is 18.0 Å². The maximum atomic E-state index is 14.1. The SMILES string of the molecule is CC(C)(C)C1CCC(Oc2ccc3nc([C@]4(C)COC(=O)N4)ncc3c2C(F)(F)F)CC1. The van der Waals surface area contributed by atoms with Gasteiger partial charge < -0.3 is 14.8 Å². The summed E-state index contributed by atoms with van der Waals surface area (Å²) >= 11 is 0. The van der Waals surface area contributed by atoms with Crippen molar-refractivity contribution >= 4 is 17.0 Å². The first-order valence-corrected chi connectivity index (χ1v) is 10.9. The van der Waals surface area contributed by atoms with Gasteiger partial charge in [-0.2, -0.15) is 13.2 Å². The van der Waals surface area contributed by atoms with Gasteiger partial charge in [0, 0.05) is 11.6 Å². The van der Waals surface area contributed by atoms with Crippen LogP contribution in [0.15, 0.2) is 18.3 Å². The van der Waals surface area contributed by atoms with E-state index in [2.05, 4.69) is 36.1 Å². The van der Waals surface area contributed by atoms with E-state index in [1.165, 1.54) is 12.1 Å². The third-order valence-corrected chi connectivity index (χ3v) is 6.57. The van der Waals surface area contributed by atoms with Crippen molar-refractivity contribution in [3.63, 3.8) is 0 Å². The lowest BCUT2D eigenvalue weighted by atomic mass is 9.72. The molecular weight excluding hydrogens is 423 g/mol. The monoisotopic (exact) mass is 451 g/mol. The van der Waals surface area contributed by atoms with Gasteiger partial charge >= 0.3 is 12.3 Å². The van der Waals surface area contributed by atoms with Gasteiger partial charge in [0.25, 0.3) is 0 Å². The van der Waals surface area contributed by atoms with E-state index in [0.29, 0.717) is 5.92 Å². The number of halogens is 3. The third-order valence-electron chi connectivity index (χ3n) is 6.57. The van der Waals surface area contributed by atoms with Crippen LogP contribution in [-0.4, -0.2) is 28.8 Å². The van der Waals surface area contributed by atoms with Crippen molar-refractivity contribution in [1.29, 1.82) is 0 Å². The van der Waals surface area contributed by atoms with E-state index in [9.17, 15) is 18.0 Å². The molecule has 0 radical (unpaired) electrons. The molecule has 6 nitrogen and oxygen atoms in total. The first kappa shape index (κ1) is 22.6. The first-order chi connectivity index (χ1) is 14.9. The van der Waals surface area contributed by atoms with Crippen LogP contribution < -0.4 is 10.1 Å². The Hall–Kier alpha value is -2.58. The summed E-state index contributed by atoms with van der Waals surface area (Å²) in [6, 6.07) is 2.84. The minimum Gasteiger partial charge on any atom is -0.490 e. The number of aromatic nitrogens is 2. The Bertz CT molecular complexity index is 1030. The molecule has 1 N–H and O–H groups in total. The number of alkyl carbamates (subject to hydrolysis) is 1. The summed E-state index contributed by atoms with van der Waals surface area (Å²) in [5.74, 6) is 0.539. The van der Waals surface area contributed by atoms with Gasteiger partial charge in [-0.25, -0.2) is 14.8 Å². The molecule has 1 aliphatic heterocycles. The van der Waals surface area contributed by atoms with Crippen molar-refractivity contribution in [3.05, 3.63) is 29.7 Å². The highest BCUT2D eigenvalue weighted by atomic mass is 19.4. The van der Waals surface area contributed by atoms with Gasteiger partial charge in [0.2, 0.25) is 0 Å². The van der Waals surface area contributed by atoms with Crippen LogP contribution in [0, 0.1) is 11.3 Å². The second-order valence-electron chi connectivity index (χ2n) is 10.1. The number of amides is 1. The smallest absolute Gasteiger partial charge is 0.420 e. The number of nitrogens with one attached hydrogen (secondary N) is 1. The highest BCUT2D eigenvalue weighted by Gasteiger charge is 2.41. The summed E-state index contributed by atoms with van der Waals surface area (Å²) in [6.07, 6.45) is -1.02. The molecule has 1 amide bonds. The Labute approximate surface area is 184 Å². The summed E-state index contributed by atoms with van der Waals surface area (Å²) in [5, 5.41) is 2.47. The Morgan fingerprint density at radius 2 is 1.84 bits per heavy atom. The van der Waals surface area contributed by atoms with E-state index >= 15 is 0 Å². The normalized spacial score (nSPS) is 26.7. The highest BCUT2D eigenvalue weighted by Crippen LogP contribution is 2.43. The quantitative estimate of drug-likeness (QED) is 0.659. The molecule has 2 aliphatic rings. The number of rotatable bonds is 3. The van der Waals surface area contributed by atoms with Crippen LogP contribution in [0.5, 0.6) is 5.75 Å². The van der Waals surface area contributed by atoms with Crippen LogP contribution >= 0.6 is 0 Å². The summed E-state index contributed by atoms with van der Waals surface area (Å²) < 4.78 is 53.0. The van der Waals surface area contributed by atoms with E-state index in [1.807, 2.05) is 0 Å². The summed E-state index contributed by atoms with van der Waals surface area (Å²) in [7, 11) is 0. The Morgan fingerprint density at radius 3 is 2.41 bits per heavy atom. The average Bonchev–Trinajstić information content (AvgIpc) is 3.06. The standard InChI is InChI=1S/C23H28F3N3O3/c1-21(2,3)13-5-7-14(8-6-13)32-17-10-9-16-15(18(17)23(24,25)26)11-27-19(28-16)22(4)12-31-20(30)29-22/h9-11,13-14H,5-8,12H2,1-4H3,(H,29,30)/t13?,14?,22-/m0/s1. The Kier molecular flexibility index (Phi) is 5.49. The van der Waals surface area contributed by atoms with Crippen LogP contribution in [-0.2, 0) is 16.5 Å². The number of benzene rings is 1. The van der Waals surface area contributed by atoms with Crippen LogP contribution in [0.3, 0.4) is 0 Å². The molecule has 2 fully saturated rings. The largest absolute Gasteiger partial charge is 0.490 e. The summed E-state index contributed by atoms with van der Waals surface area (Å²) in [4.78, 5) is 19.9. The number of hydrogen-bond acceptors (Lipinski definition) is 5. The molecule has 1 aliphatic carbocycles. The zero-order valence-corrected chi connectivity index (χ0v) is 18.7. The third kappa shape index (κ3) is 4.34. The second-order valence-corrected chi connectivity index (χ2v) is 10.1. The lowest BCUT2D eigenvalue weighted by Crippen LogP contribution is -2.39. The van der Waals surface area contributed by atoms with E-state index in [4.69, 9.17) is 9.47 Å². The van der Waals surface area contributed by atoms with E-state index < -0.39 is 23.4 Å². The molecular formula is C23H28F3N3O3. The van der Waals surface area contributed by atoms with Crippen LogP contribution in [0.1, 0.15) is 64.8 Å². The second kappa shape index (κ2) is 7.78. The Balaban J connectivity index is 1.64. The number of fused-ring (bicyclic) bond motifs is 1. The minimum absolute atomic E-state index is 0.00189. The molecule has 9 heteroatoms. The van der Waals surface area contributed by atoms with Crippen molar-refractivity contribution in [3.8, 4) is 5.75 Å². The van der Waals surface area contributed by atoms with Crippen molar-refractivity contribution in [1.82, 2.24) is 15.3 Å². The summed E-state index contributed by atoms with van der Waals surface area (Å²) in [6.45, 7) is 8.25. The first-order valence-electron chi connectivity index (χ1n) is 10.9. The molecule has 32 heavy (non-hydrogen) atoms. The number of carbonyl (C=O) groups excluding carboxylic acids is 1. The van der Waals surface area contributed by atoms with E-state index in [-0.39, 0.29) is 40.6 Å². The fraction of sp³-hybridized carbons (Fsp3) is 0.609. The molecule has 4 rings (SSSR count). The van der Waals surface area contributed by atoms with Gasteiger partial charge in [-0.15, -0.1) is 0 Å². The highest BCUT2D eigenvalue weighted by molar-refractivity contribution is 5.84. The zero-order chi connectivity index (χ0) is 23.3. The predicted molar refractivity (Wildman–Crippen MR) is 112 cm³/mol. The molecule has 174 valence electrons. The van der Waals surface area contributed by atoms with Gasteiger partial charge in [-0.05, 0) is 56.1 Å². The molecule has 0 bridgehead atoms. The lowest BCUT2D eigenvalue weighted by molar-refractivity contribution is -0.138. The number of ether oxygens (including phenoxy) is 2. The summed E-state index contributed by atoms with van der Waals surface area (Å²) in [5.41, 5.74) is -1.55.